The van der Waals surface area contributed by atoms with Gasteiger partial charge in [-0.3, -0.25) is 4.79 Å². The van der Waals surface area contributed by atoms with Gasteiger partial charge in [-0.05, 0) is 24.5 Å². The zero-order valence-corrected chi connectivity index (χ0v) is 14.4. The maximum Gasteiger partial charge on any atom is 0.344 e. The predicted molar refractivity (Wildman–Crippen MR) is 94.8 cm³/mol. The van der Waals surface area contributed by atoms with Crippen LogP contribution in [0.5, 0.6) is 0 Å². The molecular formula is C19H14ClFN2O3. The summed E-state index contributed by atoms with van der Waals surface area (Å²) in [5.74, 6) is -1.54. The van der Waals surface area contributed by atoms with Gasteiger partial charge in [0.2, 0.25) is 5.43 Å². The van der Waals surface area contributed by atoms with Crippen molar-refractivity contribution in [1.82, 2.24) is 9.55 Å². The number of nitrogens with zero attached hydrogens (tertiary/aromatic N) is 2. The maximum atomic E-state index is 13.8. The Labute approximate surface area is 153 Å². The topological polar surface area (TPSA) is 61.2 Å². The Balaban J connectivity index is 1.75. The van der Waals surface area contributed by atoms with Gasteiger partial charge in [0, 0.05) is 12.2 Å². The Kier molecular flexibility index (Phi) is 4.20. The average molecular weight is 373 g/mol. The van der Waals surface area contributed by atoms with Crippen LogP contribution >= 0.6 is 11.6 Å². The zero-order valence-electron chi connectivity index (χ0n) is 13.6. The van der Waals surface area contributed by atoms with Gasteiger partial charge in [0.15, 0.2) is 11.0 Å². The van der Waals surface area contributed by atoms with Gasteiger partial charge in [-0.1, -0.05) is 41.9 Å². The van der Waals surface area contributed by atoms with Crippen LogP contribution in [0.2, 0.25) is 5.15 Å². The average Bonchev–Trinajstić information content (AvgIpc) is 3.48. The third kappa shape index (κ3) is 3.08. The summed E-state index contributed by atoms with van der Waals surface area (Å²) in [6, 6.07) is 10.3. The summed E-state index contributed by atoms with van der Waals surface area (Å²) >= 11 is 5.76. The molecule has 0 spiro atoms. The lowest BCUT2D eigenvalue weighted by Gasteiger charge is -2.12. The van der Waals surface area contributed by atoms with Crippen molar-refractivity contribution in [2.24, 2.45) is 0 Å². The molecule has 1 aliphatic carbocycles. The van der Waals surface area contributed by atoms with E-state index in [2.05, 4.69) is 4.98 Å². The summed E-state index contributed by atoms with van der Waals surface area (Å²) in [5, 5.41) is -0.279. The first-order valence-corrected chi connectivity index (χ1v) is 8.54. The van der Waals surface area contributed by atoms with Gasteiger partial charge in [-0.15, -0.1) is 0 Å². The molecular weight excluding hydrogens is 359 g/mol. The van der Waals surface area contributed by atoms with E-state index in [1.807, 2.05) is 30.3 Å². The molecule has 4 rings (SSSR count). The summed E-state index contributed by atoms with van der Waals surface area (Å²) in [6.07, 6.45) is 3.23. The van der Waals surface area contributed by atoms with Crippen molar-refractivity contribution in [3.05, 3.63) is 74.9 Å². The predicted octanol–water partition coefficient (Wildman–Crippen LogP) is 3.88. The molecule has 0 unspecified atom stereocenters. The Morgan fingerprint density at radius 3 is 2.73 bits per heavy atom. The molecule has 26 heavy (non-hydrogen) atoms. The van der Waals surface area contributed by atoms with E-state index in [0.29, 0.717) is 0 Å². The van der Waals surface area contributed by atoms with Gasteiger partial charge in [0.1, 0.15) is 17.8 Å². The van der Waals surface area contributed by atoms with Crippen molar-refractivity contribution < 1.29 is 13.9 Å². The molecule has 1 aliphatic rings. The van der Waals surface area contributed by atoms with Gasteiger partial charge >= 0.3 is 5.97 Å². The molecule has 3 aromatic rings. The lowest BCUT2D eigenvalue weighted by atomic mass is 10.2. The molecule has 132 valence electrons. The second-order valence-electron chi connectivity index (χ2n) is 6.20. The summed E-state index contributed by atoms with van der Waals surface area (Å²) in [4.78, 5) is 29.1. The second-order valence-corrected chi connectivity index (χ2v) is 6.56. The SMILES string of the molecule is O=C(OCc1ccccc1)c1cn(C2CC2)c2nc(Cl)c(F)cc2c1=O. The Morgan fingerprint density at radius 1 is 1.31 bits per heavy atom. The van der Waals surface area contributed by atoms with Crippen LogP contribution in [0.1, 0.15) is 34.8 Å². The number of pyridine rings is 2. The fourth-order valence-corrected chi connectivity index (χ4v) is 2.94. The lowest BCUT2D eigenvalue weighted by molar-refractivity contribution is 0.0470. The summed E-state index contributed by atoms with van der Waals surface area (Å²) in [6.45, 7) is 0.0494. The number of aromatic nitrogens is 2. The van der Waals surface area contributed by atoms with Crippen molar-refractivity contribution in [3.63, 3.8) is 0 Å². The van der Waals surface area contributed by atoms with Crippen molar-refractivity contribution in [3.8, 4) is 0 Å². The first-order valence-electron chi connectivity index (χ1n) is 8.16. The Bertz CT molecular complexity index is 1060. The van der Waals surface area contributed by atoms with Crippen molar-refractivity contribution in [2.45, 2.75) is 25.5 Å². The number of carbonyl (C=O) groups is 1. The number of rotatable bonds is 4. The molecule has 2 heterocycles. The summed E-state index contributed by atoms with van der Waals surface area (Å²) < 4.78 is 20.8. The normalized spacial score (nSPS) is 13.8. The minimum Gasteiger partial charge on any atom is -0.457 e. The highest BCUT2D eigenvalue weighted by molar-refractivity contribution is 6.29. The van der Waals surface area contributed by atoms with Gasteiger partial charge in [-0.25, -0.2) is 14.2 Å². The number of halogens is 2. The quantitative estimate of drug-likeness (QED) is 0.515. The molecule has 7 heteroatoms. The van der Waals surface area contributed by atoms with Gasteiger partial charge in [0.05, 0.1) is 5.39 Å². The smallest absolute Gasteiger partial charge is 0.344 e. The Morgan fingerprint density at radius 2 is 2.04 bits per heavy atom. The standard InChI is InChI=1S/C19H14ClFN2O3/c20-17-15(21)8-13-16(24)14(9-23(12-6-7-12)18(13)22-17)19(25)26-10-11-4-2-1-3-5-11/h1-5,8-9,12H,6-7,10H2. The van der Waals surface area contributed by atoms with E-state index in [0.717, 1.165) is 24.5 Å². The number of hydrogen-bond acceptors (Lipinski definition) is 4. The highest BCUT2D eigenvalue weighted by Gasteiger charge is 2.28. The number of esters is 1. The molecule has 0 atom stereocenters. The molecule has 1 aromatic carbocycles. The van der Waals surface area contributed by atoms with Crippen molar-refractivity contribution in [1.29, 1.82) is 0 Å². The lowest BCUT2D eigenvalue weighted by Crippen LogP contribution is -2.21. The number of ether oxygens (including phenoxy) is 1. The maximum absolute atomic E-state index is 13.8. The highest BCUT2D eigenvalue weighted by Crippen LogP contribution is 2.37. The molecule has 0 bridgehead atoms. The van der Waals surface area contributed by atoms with Crippen LogP contribution in [-0.2, 0) is 11.3 Å². The van der Waals surface area contributed by atoms with Crippen molar-refractivity contribution >= 4 is 28.6 Å². The number of fused-ring (bicyclic) bond motifs is 1. The summed E-state index contributed by atoms with van der Waals surface area (Å²) in [5.41, 5.74) is 0.342. The van der Waals surface area contributed by atoms with E-state index < -0.39 is 17.2 Å². The minimum absolute atomic E-state index is 0.0213. The molecule has 0 saturated heterocycles. The fourth-order valence-electron chi connectivity index (χ4n) is 2.80. The molecule has 1 saturated carbocycles. The van der Waals surface area contributed by atoms with Crippen LogP contribution < -0.4 is 5.43 Å². The highest BCUT2D eigenvalue weighted by atomic mass is 35.5. The molecule has 0 radical (unpaired) electrons. The molecule has 1 fully saturated rings. The van der Waals surface area contributed by atoms with Gasteiger partial charge in [0.25, 0.3) is 0 Å². The largest absolute Gasteiger partial charge is 0.457 e. The molecule has 5 nitrogen and oxygen atoms in total. The second kappa shape index (κ2) is 6.53. The first-order chi connectivity index (χ1) is 12.5. The number of hydrogen-bond donors (Lipinski definition) is 0. The fraction of sp³-hybridized carbons (Fsp3) is 0.211. The van der Waals surface area contributed by atoms with E-state index in [9.17, 15) is 14.0 Å². The van der Waals surface area contributed by atoms with Crippen LogP contribution in [0.4, 0.5) is 4.39 Å². The van der Waals surface area contributed by atoms with Crippen molar-refractivity contribution in [2.75, 3.05) is 0 Å². The Hall–Kier alpha value is -2.73. The minimum atomic E-state index is -0.798. The van der Waals surface area contributed by atoms with Crippen LogP contribution in [-0.4, -0.2) is 15.5 Å². The van der Waals surface area contributed by atoms with Crippen LogP contribution in [0.3, 0.4) is 0 Å². The third-order valence-electron chi connectivity index (χ3n) is 4.29. The molecule has 2 aromatic heterocycles. The van der Waals surface area contributed by atoms with E-state index in [-0.39, 0.29) is 34.4 Å². The zero-order chi connectivity index (χ0) is 18.3. The number of carbonyl (C=O) groups excluding carboxylic acids is 1. The first kappa shape index (κ1) is 16.7. The van der Waals surface area contributed by atoms with E-state index in [1.165, 1.54) is 6.20 Å². The third-order valence-corrected chi connectivity index (χ3v) is 4.55. The van der Waals surface area contributed by atoms with Crippen LogP contribution in [0.15, 0.2) is 47.4 Å². The van der Waals surface area contributed by atoms with E-state index in [1.54, 1.807) is 4.57 Å². The van der Waals surface area contributed by atoms with Crippen LogP contribution in [0, 0.1) is 5.82 Å². The summed E-state index contributed by atoms with van der Waals surface area (Å²) in [7, 11) is 0. The monoisotopic (exact) mass is 372 g/mol. The molecule has 0 amide bonds. The van der Waals surface area contributed by atoms with E-state index in [4.69, 9.17) is 16.3 Å². The number of benzene rings is 1. The van der Waals surface area contributed by atoms with Gasteiger partial charge < -0.3 is 9.30 Å². The van der Waals surface area contributed by atoms with Gasteiger partial charge in [-0.2, -0.15) is 0 Å². The van der Waals surface area contributed by atoms with Crippen LogP contribution in [0.25, 0.3) is 11.0 Å². The van der Waals surface area contributed by atoms with E-state index >= 15 is 0 Å². The molecule has 0 N–H and O–H groups in total. The molecule has 0 aliphatic heterocycles.